The maximum atomic E-state index is 12.4. The molecule has 0 unspecified atom stereocenters. The van der Waals surface area contributed by atoms with Crippen molar-refractivity contribution < 1.29 is 13.5 Å². The van der Waals surface area contributed by atoms with Crippen molar-refractivity contribution in [3.8, 4) is 0 Å². The lowest BCUT2D eigenvalue weighted by Gasteiger charge is -2.28. The van der Waals surface area contributed by atoms with Crippen molar-refractivity contribution in [1.29, 1.82) is 0 Å². The third-order valence-corrected chi connectivity index (χ3v) is 5.76. The topological polar surface area (TPSA) is 66.4 Å². The first-order chi connectivity index (χ1) is 9.42. The van der Waals surface area contributed by atoms with Gasteiger partial charge in [-0.25, -0.2) is 13.1 Å². The van der Waals surface area contributed by atoms with Crippen LogP contribution in [0.3, 0.4) is 0 Å². The van der Waals surface area contributed by atoms with Gasteiger partial charge in [-0.2, -0.15) is 0 Å². The number of sulfonamides is 1. The lowest BCUT2D eigenvalue weighted by Crippen LogP contribution is -2.38. The molecule has 6 heteroatoms. The summed E-state index contributed by atoms with van der Waals surface area (Å²) in [6.45, 7) is 1.94. The van der Waals surface area contributed by atoms with E-state index in [2.05, 4.69) is 4.72 Å². The highest BCUT2D eigenvalue weighted by Gasteiger charge is 2.26. The van der Waals surface area contributed by atoms with E-state index in [1.165, 1.54) is 6.07 Å². The summed E-state index contributed by atoms with van der Waals surface area (Å²) in [6.07, 6.45) is 3.25. The van der Waals surface area contributed by atoms with Crippen LogP contribution in [-0.2, 0) is 10.0 Å². The molecule has 0 heterocycles. The number of halogens is 1. The van der Waals surface area contributed by atoms with Gasteiger partial charge in [0.05, 0.1) is 4.90 Å². The Morgan fingerprint density at radius 2 is 1.95 bits per heavy atom. The summed E-state index contributed by atoms with van der Waals surface area (Å²) in [4.78, 5) is 0.245. The van der Waals surface area contributed by atoms with Gasteiger partial charge in [-0.3, -0.25) is 0 Å². The molecule has 0 saturated heterocycles. The second-order valence-corrected chi connectivity index (χ2v) is 7.55. The van der Waals surface area contributed by atoms with E-state index < -0.39 is 10.0 Å². The van der Waals surface area contributed by atoms with Crippen molar-refractivity contribution in [2.45, 2.75) is 43.5 Å². The maximum absolute atomic E-state index is 12.4. The van der Waals surface area contributed by atoms with Gasteiger partial charge in [0.25, 0.3) is 0 Å². The largest absolute Gasteiger partial charge is 0.396 e. The van der Waals surface area contributed by atoms with Crippen molar-refractivity contribution in [1.82, 2.24) is 4.72 Å². The Balaban J connectivity index is 2.10. The monoisotopic (exact) mass is 317 g/mol. The number of aliphatic hydroxyl groups excluding tert-OH is 1. The summed E-state index contributed by atoms with van der Waals surface area (Å²) in [7, 11) is -3.53. The molecule has 0 atom stereocenters. The predicted octanol–water partition coefficient (Wildman–Crippen LogP) is 2.48. The van der Waals surface area contributed by atoms with Crippen LogP contribution in [0, 0.1) is 12.8 Å². The average molecular weight is 318 g/mol. The van der Waals surface area contributed by atoms with Gasteiger partial charge in [-0.05, 0) is 56.2 Å². The first-order valence-corrected chi connectivity index (χ1v) is 8.68. The number of rotatable bonds is 4. The standard InChI is InChI=1S/C14H20ClNO3S/c1-10-2-5-12(15)8-14(10)20(18,19)16-13-6-3-11(9-17)4-7-13/h2,5,8,11,13,16-17H,3-4,6-7,9H2,1H3. The molecule has 0 spiro atoms. The van der Waals surface area contributed by atoms with Crippen LogP contribution in [0.4, 0.5) is 0 Å². The van der Waals surface area contributed by atoms with Crippen LogP contribution in [-0.4, -0.2) is 26.2 Å². The second kappa shape index (κ2) is 6.43. The molecule has 0 bridgehead atoms. The second-order valence-electron chi connectivity index (χ2n) is 5.43. The third-order valence-electron chi connectivity index (χ3n) is 3.87. The van der Waals surface area contributed by atoms with E-state index >= 15 is 0 Å². The lowest BCUT2D eigenvalue weighted by molar-refractivity contribution is 0.180. The molecule has 112 valence electrons. The van der Waals surface area contributed by atoms with Crippen LogP contribution in [0.1, 0.15) is 31.2 Å². The first kappa shape index (κ1) is 15.8. The highest BCUT2D eigenvalue weighted by atomic mass is 35.5. The molecule has 1 aromatic rings. The Labute approximate surface area is 125 Å². The van der Waals surface area contributed by atoms with Gasteiger partial charge in [0, 0.05) is 17.7 Å². The van der Waals surface area contributed by atoms with E-state index in [9.17, 15) is 8.42 Å². The normalized spacial score (nSPS) is 23.8. The highest BCUT2D eigenvalue weighted by Crippen LogP contribution is 2.26. The van der Waals surface area contributed by atoms with Crippen LogP contribution in [0.25, 0.3) is 0 Å². The minimum Gasteiger partial charge on any atom is -0.396 e. The van der Waals surface area contributed by atoms with E-state index in [0.29, 0.717) is 16.5 Å². The Hall–Kier alpha value is -0.620. The van der Waals surface area contributed by atoms with Crippen LogP contribution in [0.5, 0.6) is 0 Å². The smallest absolute Gasteiger partial charge is 0.241 e. The third kappa shape index (κ3) is 3.73. The molecular formula is C14H20ClNO3S. The van der Waals surface area contributed by atoms with Crippen molar-refractivity contribution in [2.75, 3.05) is 6.61 Å². The fourth-order valence-electron chi connectivity index (χ4n) is 2.61. The molecule has 1 aromatic carbocycles. The van der Waals surface area contributed by atoms with Gasteiger partial charge in [0.15, 0.2) is 0 Å². The van der Waals surface area contributed by atoms with Crippen molar-refractivity contribution >= 4 is 21.6 Å². The summed E-state index contributed by atoms with van der Waals surface area (Å²) in [5.41, 5.74) is 0.686. The Morgan fingerprint density at radius 3 is 2.55 bits per heavy atom. The van der Waals surface area contributed by atoms with Crippen molar-refractivity contribution in [2.24, 2.45) is 5.92 Å². The Bertz CT molecular complexity index is 566. The van der Waals surface area contributed by atoms with Gasteiger partial charge in [0.1, 0.15) is 0 Å². The fourth-order valence-corrected chi connectivity index (χ4v) is 4.42. The number of aryl methyl sites for hydroxylation is 1. The molecule has 0 amide bonds. The number of aliphatic hydroxyl groups is 1. The zero-order valence-corrected chi connectivity index (χ0v) is 13.0. The summed E-state index contributed by atoms with van der Waals surface area (Å²) in [5, 5.41) is 9.52. The summed E-state index contributed by atoms with van der Waals surface area (Å²) >= 11 is 5.88. The van der Waals surface area contributed by atoms with Crippen molar-refractivity contribution in [3.05, 3.63) is 28.8 Å². The molecule has 2 N–H and O–H groups in total. The number of hydrogen-bond acceptors (Lipinski definition) is 3. The zero-order valence-electron chi connectivity index (χ0n) is 11.5. The molecule has 4 nitrogen and oxygen atoms in total. The molecule has 20 heavy (non-hydrogen) atoms. The van der Waals surface area contributed by atoms with Crippen LogP contribution < -0.4 is 4.72 Å². The summed E-state index contributed by atoms with van der Waals surface area (Å²) < 4.78 is 27.6. The molecule has 0 aliphatic heterocycles. The summed E-state index contributed by atoms with van der Waals surface area (Å²) in [5.74, 6) is 0.309. The summed E-state index contributed by atoms with van der Waals surface area (Å²) in [6, 6.07) is 4.82. The molecule has 1 aliphatic rings. The van der Waals surface area contributed by atoms with Crippen LogP contribution >= 0.6 is 11.6 Å². The molecule has 1 fully saturated rings. The number of hydrogen-bond donors (Lipinski definition) is 2. The highest BCUT2D eigenvalue weighted by molar-refractivity contribution is 7.89. The molecule has 1 saturated carbocycles. The van der Waals surface area contributed by atoms with Gasteiger partial charge in [-0.1, -0.05) is 17.7 Å². The Morgan fingerprint density at radius 1 is 1.30 bits per heavy atom. The Kier molecular flexibility index (Phi) is 5.07. The van der Waals surface area contributed by atoms with Gasteiger partial charge in [0.2, 0.25) is 10.0 Å². The van der Waals surface area contributed by atoms with E-state index in [-0.39, 0.29) is 17.5 Å². The SMILES string of the molecule is Cc1ccc(Cl)cc1S(=O)(=O)NC1CCC(CO)CC1. The molecule has 0 aromatic heterocycles. The minimum absolute atomic E-state index is 0.0545. The molecule has 2 rings (SSSR count). The fraction of sp³-hybridized carbons (Fsp3) is 0.571. The molecule has 0 radical (unpaired) electrons. The van der Waals surface area contributed by atoms with E-state index in [1.807, 2.05) is 0 Å². The molecule has 1 aliphatic carbocycles. The lowest BCUT2D eigenvalue weighted by atomic mass is 9.87. The average Bonchev–Trinajstić information content (AvgIpc) is 2.42. The van der Waals surface area contributed by atoms with E-state index in [0.717, 1.165) is 25.7 Å². The first-order valence-electron chi connectivity index (χ1n) is 6.81. The molecular weight excluding hydrogens is 298 g/mol. The minimum atomic E-state index is -3.53. The van der Waals surface area contributed by atoms with Crippen LogP contribution in [0.15, 0.2) is 23.1 Å². The van der Waals surface area contributed by atoms with E-state index in [4.69, 9.17) is 16.7 Å². The zero-order chi connectivity index (χ0) is 14.8. The van der Waals surface area contributed by atoms with E-state index in [1.54, 1.807) is 19.1 Å². The predicted molar refractivity (Wildman–Crippen MR) is 79.3 cm³/mol. The van der Waals surface area contributed by atoms with Gasteiger partial charge >= 0.3 is 0 Å². The quantitative estimate of drug-likeness (QED) is 0.896. The van der Waals surface area contributed by atoms with Crippen LogP contribution in [0.2, 0.25) is 5.02 Å². The van der Waals surface area contributed by atoms with Crippen molar-refractivity contribution in [3.63, 3.8) is 0 Å². The van der Waals surface area contributed by atoms with Gasteiger partial charge < -0.3 is 5.11 Å². The van der Waals surface area contributed by atoms with Gasteiger partial charge in [-0.15, -0.1) is 0 Å². The number of nitrogens with one attached hydrogen (secondary N) is 1. The number of benzene rings is 1. The maximum Gasteiger partial charge on any atom is 0.241 e.